The molecule has 32 heavy (non-hydrogen) atoms. The molecule has 0 radical (unpaired) electrons. The average molecular weight is 443 g/mol. The van der Waals surface area contributed by atoms with E-state index in [0.29, 0.717) is 11.5 Å². The second-order valence-electron chi connectivity index (χ2n) is 7.71. The van der Waals surface area contributed by atoms with Crippen molar-refractivity contribution in [2.45, 2.75) is 40.7 Å². The Morgan fingerprint density at radius 2 is 1.59 bits per heavy atom. The molecule has 8 heteroatoms. The van der Waals surface area contributed by atoms with Crippen LogP contribution in [0.5, 0.6) is 11.5 Å². The summed E-state index contributed by atoms with van der Waals surface area (Å²) in [5.41, 5.74) is 3.93. The number of carbonyl (C=O) groups is 3. The molecular formula is C24H30N2O6. The molecule has 0 aliphatic carbocycles. The molecule has 0 aromatic heterocycles. The Labute approximate surface area is 188 Å². The van der Waals surface area contributed by atoms with Crippen LogP contribution in [-0.2, 0) is 14.3 Å². The van der Waals surface area contributed by atoms with E-state index in [2.05, 4.69) is 10.6 Å². The van der Waals surface area contributed by atoms with E-state index in [9.17, 15) is 14.4 Å². The van der Waals surface area contributed by atoms with Crippen molar-refractivity contribution in [3.63, 3.8) is 0 Å². The van der Waals surface area contributed by atoms with Crippen molar-refractivity contribution < 1.29 is 28.6 Å². The lowest BCUT2D eigenvalue weighted by atomic mass is 10.1. The minimum absolute atomic E-state index is 0.0542. The summed E-state index contributed by atoms with van der Waals surface area (Å²) in [5, 5.41) is 5.24. The summed E-state index contributed by atoms with van der Waals surface area (Å²) in [6.07, 6.45) is -0.0542. The zero-order valence-electron chi connectivity index (χ0n) is 19.3. The maximum absolute atomic E-state index is 12.3. The monoisotopic (exact) mass is 442 g/mol. The Hall–Kier alpha value is -3.55. The predicted octanol–water partition coefficient (Wildman–Crippen LogP) is 3.32. The largest absolute Gasteiger partial charge is 0.493 e. The third kappa shape index (κ3) is 7.01. The maximum Gasteiger partial charge on any atom is 0.338 e. The quantitative estimate of drug-likeness (QED) is 0.578. The van der Waals surface area contributed by atoms with Gasteiger partial charge in [0.25, 0.3) is 5.91 Å². The first-order valence-electron chi connectivity index (χ1n) is 10.3. The molecule has 0 atom stereocenters. The van der Waals surface area contributed by atoms with Gasteiger partial charge in [-0.1, -0.05) is 17.7 Å². The van der Waals surface area contributed by atoms with Crippen molar-refractivity contribution in [3.05, 3.63) is 52.6 Å². The number of rotatable bonds is 9. The van der Waals surface area contributed by atoms with Gasteiger partial charge in [-0.3, -0.25) is 9.59 Å². The lowest BCUT2D eigenvalue weighted by Gasteiger charge is -2.14. The van der Waals surface area contributed by atoms with Gasteiger partial charge < -0.3 is 24.8 Å². The summed E-state index contributed by atoms with van der Waals surface area (Å²) in [7, 11) is 1.47. The lowest BCUT2D eigenvalue weighted by Crippen LogP contribution is -2.35. The van der Waals surface area contributed by atoms with Crippen LogP contribution in [0.3, 0.4) is 0 Å². The summed E-state index contributed by atoms with van der Waals surface area (Å²) >= 11 is 0. The van der Waals surface area contributed by atoms with Crippen LogP contribution in [0, 0.1) is 20.8 Å². The third-order valence-electron chi connectivity index (χ3n) is 4.48. The summed E-state index contributed by atoms with van der Waals surface area (Å²) < 4.78 is 15.9. The lowest BCUT2D eigenvalue weighted by molar-refractivity contribution is -0.126. The standard InChI is InChI=1S/C24H30N2O6/c1-14(2)32-19-8-7-18(11-20(19)30-6)24(29)31-13-22(28)25-12-21(27)26-23-16(4)9-15(3)10-17(23)5/h7-11,14H,12-13H2,1-6H3,(H,25,28)(H,26,27). The van der Waals surface area contributed by atoms with E-state index in [0.717, 1.165) is 22.4 Å². The number of amides is 2. The normalized spacial score (nSPS) is 10.5. The van der Waals surface area contributed by atoms with E-state index in [-0.39, 0.29) is 24.1 Å². The van der Waals surface area contributed by atoms with E-state index >= 15 is 0 Å². The molecule has 8 nitrogen and oxygen atoms in total. The molecule has 2 rings (SSSR count). The first-order valence-corrected chi connectivity index (χ1v) is 10.3. The molecule has 0 fully saturated rings. The number of benzene rings is 2. The molecule has 0 saturated carbocycles. The summed E-state index contributed by atoms with van der Waals surface area (Å²) in [6.45, 7) is 8.80. The highest BCUT2D eigenvalue weighted by Crippen LogP contribution is 2.29. The molecule has 0 spiro atoms. The first-order chi connectivity index (χ1) is 15.1. The highest BCUT2D eigenvalue weighted by atomic mass is 16.5. The molecule has 0 aliphatic heterocycles. The van der Waals surface area contributed by atoms with Gasteiger partial charge in [0, 0.05) is 5.69 Å². The number of hydrogen-bond acceptors (Lipinski definition) is 6. The number of nitrogens with one attached hydrogen (secondary N) is 2. The number of anilines is 1. The van der Waals surface area contributed by atoms with E-state index in [4.69, 9.17) is 14.2 Å². The van der Waals surface area contributed by atoms with Gasteiger partial charge in [0.05, 0.1) is 25.3 Å². The van der Waals surface area contributed by atoms with Crippen molar-refractivity contribution in [3.8, 4) is 11.5 Å². The second-order valence-corrected chi connectivity index (χ2v) is 7.71. The van der Waals surface area contributed by atoms with Crippen LogP contribution in [0.25, 0.3) is 0 Å². The summed E-state index contributed by atoms with van der Waals surface area (Å²) in [6, 6.07) is 8.56. The first kappa shape index (κ1) is 24.7. The molecule has 0 unspecified atom stereocenters. The fourth-order valence-electron chi connectivity index (χ4n) is 3.15. The van der Waals surface area contributed by atoms with Crippen LogP contribution < -0.4 is 20.1 Å². The van der Waals surface area contributed by atoms with Gasteiger partial charge in [-0.2, -0.15) is 0 Å². The molecule has 0 saturated heterocycles. The zero-order chi connectivity index (χ0) is 23.8. The zero-order valence-corrected chi connectivity index (χ0v) is 19.3. The Kier molecular flexibility index (Phi) is 8.63. The molecule has 2 amide bonds. The van der Waals surface area contributed by atoms with E-state index in [1.54, 1.807) is 6.07 Å². The Balaban J connectivity index is 1.85. The molecular weight excluding hydrogens is 412 g/mol. The van der Waals surface area contributed by atoms with Crippen LogP contribution >= 0.6 is 0 Å². The number of methoxy groups -OCH3 is 1. The van der Waals surface area contributed by atoms with Crippen molar-refractivity contribution in [2.24, 2.45) is 0 Å². The Morgan fingerprint density at radius 1 is 0.938 bits per heavy atom. The SMILES string of the molecule is COc1cc(C(=O)OCC(=O)NCC(=O)Nc2c(C)cc(C)cc2C)ccc1OC(C)C. The Morgan fingerprint density at radius 3 is 2.19 bits per heavy atom. The van der Waals surface area contributed by atoms with Crippen LogP contribution in [0.1, 0.15) is 40.9 Å². The van der Waals surface area contributed by atoms with Gasteiger partial charge >= 0.3 is 5.97 Å². The number of carbonyl (C=O) groups excluding carboxylic acids is 3. The Bertz CT molecular complexity index is 977. The average Bonchev–Trinajstić information content (AvgIpc) is 2.72. The van der Waals surface area contributed by atoms with Gasteiger partial charge in [0.15, 0.2) is 18.1 Å². The summed E-state index contributed by atoms with van der Waals surface area (Å²) in [4.78, 5) is 36.4. The topological polar surface area (TPSA) is 103 Å². The third-order valence-corrected chi connectivity index (χ3v) is 4.48. The van der Waals surface area contributed by atoms with Gasteiger partial charge in [-0.25, -0.2) is 4.79 Å². The van der Waals surface area contributed by atoms with Crippen LogP contribution in [0.2, 0.25) is 0 Å². The molecule has 0 aliphatic rings. The van der Waals surface area contributed by atoms with Crippen LogP contribution in [0.15, 0.2) is 30.3 Å². The van der Waals surface area contributed by atoms with E-state index in [1.807, 2.05) is 46.8 Å². The number of aryl methyl sites for hydroxylation is 3. The number of ether oxygens (including phenoxy) is 3. The van der Waals surface area contributed by atoms with E-state index in [1.165, 1.54) is 19.2 Å². The molecule has 2 N–H and O–H groups in total. The van der Waals surface area contributed by atoms with Crippen molar-refractivity contribution in [1.29, 1.82) is 0 Å². The highest BCUT2D eigenvalue weighted by molar-refractivity contribution is 5.96. The fourth-order valence-corrected chi connectivity index (χ4v) is 3.15. The van der Waals surface area contributed by atoms with Crippen LogP contribution in [0.4, 0.5) is 5.69 Å². The minimum Gasteiger partial charge on any atom is -0.493 e. The van der Waals surface area contributed by atoms with Crippen molar-refractivity contribution in [2.75, 3.05) is 25.6 Å². The minimum atomic E-state index is -0.690. The van der Waals surface area contributed by atoms with Gasteiger partial charge in [0.2, 0.25) is 5.91 Å². The van der Waals surface area contributed by atoms with Crippen molar-refractivity contribution >= 4 is 23.5 Å². The molecule has 0 bridgehead atoms. The highest BCUT2D eigenvalue weighted by Gasteiger charge is 2.15. The van der Waals surface area contributed by atoms with Gasteiger partial charge in [-0.05, 0) is 63.9 Å². The molecule has 172 valence electrons. The number of esters is 1. The summed E-state index contributed by atoms with van der Waals surface area (Å²) in [5.74, 6) is -0.759. The van der Waals surface area contributed by atoms with E-state index < -0.39 is 18.5 Å². The molecule has 0 heterocycles. The van der Waals surface area contributed by atoms with Crippen LogP contribution in [-0.4, -0.2) is 44.1 Å². The maximum atomic E-state index is 12.3. The molecule has 2 aromatic rings. The second kappa shape index (κ2) is 11.2. The molecule has 2 aromatic carbocycles. The van der Waals surface area contributed by atoms with Gasteiger partial charge in [0.1, 0.15) is 0 Å². The smallest absolute Gasteiger partial charge is 0.338 e. The van der Waals surface area contributed by atoms with Gasteiger partial charge in [-0.15, -0.1) is 0 Å². The van der Waals surface area contributed by atoms with Crippen molar-refractivity contribution in [1.82, 2.24) is 5.32 Å². The predicted molar refractivity (Wildman–Crippen MR) is 121 cm³/mol. The number of hydrogen-bond donors (Lipinski definition) is 2. The fraction of sp³-hybridized carbons (Fsp3) is 0.375.